The number of Topliss-reactive ketones (excluding diaryl/α,β-unsaturated/α-hetero) is 1. The van der Waals surface area contributed by atoms with E-state index in [0.717, 1.165) is 4.47 Å². The van der Waals surface area contributed by atoms with E-state index in [1.165, 1.54) is 24.3 Å². The number of ketones is 1. The number of hydrogen-bond acceptors (Lipinski definition) is 4. The van der Waals surface area contributed by atoms with Gasteiger partial charge in [0, 0.05) is 22.1 Å². The number of ether oxygens (including phenoxy) is 1. The molecular weight excluding hydrogens is 393 g/mol. The number of rotatable bonds is 7. The van der Waals surface area contributed by atoms with Gasteiger partial charge in [-0.05, 0) is 42.5 Å². The molecule has 25 heavy (non-hydrogen) atoms. The highest BCUT2D eigenvalue weighted by atomic mass is 79.9. The van der Waals surface area contributed by atoms with Crippen LogP contribution in [0, 0.1) is 5.82 Å². The molecule has 2 rings (SSSR count). The number of anilines is 1. The van der Waals surface area contributed by atoms with Gasteiger partial charge in [0.2, 0.25) is 0 Å². The van der Waals surface area contributed by atoms with Crippen molar-refractivity contribution >= 4 is 39.3 Å². The van der Waals surface area contributed by atoms with Crippen molar-refractivity contribution in [1.82, 2.24) is 0 Å². The van der Waals surface area contributed by atoms with Gasteiger partial charge in [0.1, 0.15) is 5.82 Å². The van der Waals surface area contributed by atoms with Crippen LogP contribution < -0.4 is 5.32 Å². The molecule has 0 spiro atoms. The van der Waals surface area contributed by atoms with Crippen LogP contribution in [0.4, 0.5) is 10.1 Å². The molecule has 0 bridgehead atoms. The fourth-order valence-corrected chi connectivity index (χ4v) is 2.38. The maximum Gasteiger partial charge on any atom is 0.306 e. The Morgan fingerprint density at radius 1 is 1.04 bits per heavy atom. The van der Waals surface area contributed by atoms with Gasteiger partial charge in [0.15, 0.2) is 12.4 Å². The Morgan fingerprint density at radius 3 is 2.44 bits per heavy atom. The molecule has 0 atom stereocenters. The first-order valence-corrected chi connectivity index (χ1v) is 8.23. The number of carbonyl (C=O) groups excluding carboxylic acids is 3. The second-order valence-corrected chi connectivity index (χ2v) is 6.06. The lowest BCUT2D eigenvalue weighted by Crippen LogP contribution is -2.21. The molecule has 130 valence electrons. The summed E-state index contributed by atoms with van der Waals surface area (Å²) in [4.78, 5) is 35.2. The lowest BCUT2D eigenvalue weighted by molar-refractivity contribution is -0.147. The molecule has 0 saturated carbocycles. The van der Waals surface area contributed by atoms with Crippen molar-refractivity contribution in [3.63, 3.8) is 0 Å². The average Bonchev–Trinajstić information content (AvgIpc) is 2.58. The van der Waals surface area contributed by atoms with E-state index in [1.54, 1.807) is 18.2 Å². The minimum absolute atomic E-state index is 0.0717. The molecule has 0 fully saturated rings. The van der Waals surface area contributed by atoms with Gasteiger partial charge in [-0.25, -0.2) is 4.39 Å². The zero-order valence-electron chi connectivity index (χ0n) is 13.1. The van der Waals surface area contributed by atoms with Gasteiger partial charge >= 0.3 is 5.97 Å². The van der Waals surface area contributed by atoms with Gasteiger partial charge in [-0.15, -0.1) is 0 Å². The summed E-state index contributed by atoms with van der Waals surface area (Å²) < 4.78 is 18.4. The monoisotopic (exact) mass is 407 g/mol. The highest BCUT2D eigenvalue weighted by Gasteiger charge is 2.12. The predicted molar refractivity (Wildman–Crippen MR) is 93.7 cm³/mol. The highest BCUT2D eigenvalue weighted by Crippen LogP contribution is 2.15. The number of halogens is 2. The molecule has 0 unspecified atom stereocenters. The molecule has 5 nitrogen and oxygen atoms in total. The van der Waals surface area contributed by atoms with E-state index in [0.29, 0.717) is 11.3 Å². The van der Waals surface area contributed by atoms with Crippen molar-refractivity contribution in [2.75, 3.05) is 11.9 Å². The maximum atomic E-state index is 12.8. The minimum atomic E-state index is -0.653. The Morgan fingerprint density at radius 2 is 1.76 bits per heavy atom. The number of carbonyl (C=O) groups is 3. The number of hydrogen-bond donors (Lipinski definition) is 1. The number of nitrogens with one attached hydrogen (secondary N) is 1. The quantitative estimate of drug-likeness (QED) is 0.560. The smallest absolute Gasteiger partial charge is 0.306 e. The van der Waals surface area contributed by atoms with Crippen LogP contribution in [-0.4, -0.2) is 24.3 Å². The molecular formula is C18H15BrFNO4. The lowest BCUT2D eigenvalue weighted by Gasteiger charge is -2.07. The van der Waals surface area contributed by atoms with Gasteiger partial charge in [0.05, 0.1) is 6.42 Å². The van der Waals surface area contributed by atoms with Crippen LogP contribution in [0.5, 0.6) is 0 Å². The van der Waals surface area contributed by atoms with E-state index >= 15 is 0 Å². The molecule has 2 aromatic rings. The normalized spacial score (nSPS) is 10.2. The molecule has 0 aliphatic heterocycles. The van der Waals surface area contributed by atoms with Crippen molar-refractivity contribution in [2.24, 2.45) is 0 Å². The Kier molecular flexibility index (Phi) is 6.82. The summed E-state index contributed by atoms with van der Waals surface area (Å²) in [5.41, 5.74) is 0.892. The molecule has 0 radical (unpaired) electrons. The van der Waals surface area contributed by atoms with Crippen LogP contribution >= 0.6 is 15.9 Å². The van der Waals surface area contributed by atoms with Gasteiger partial charge in [-0.1, -0.05) is 22.0 Å². The standard InChI is InChI=1S/C18H15BrFNO4/c19-13-2-1-3-15(10-13)21-17(23)11-25-18(24)9-8-16(22)12-4-6-14(20)7-5-12/h1-7,10H,8-9,11H2,(H,21,23). The van der Waals surface area contributed by atoms with E-state index in [4.69, 9.17) is 4.74 Å². The van der Waals surface area contributed by atoms with Crippen molar-refractivity contribution in [3.05, 3.63) is 64.4 Å². The molecule has 7 heteroatoms. The van der Waals surface area contributed by atoms with Crippen molar-refractivity contribution in [1.29, 1.82) is 0 Å². The van der Waals surface area contributed by atoms with Crippen molar-refractivity contribution in [2.45, 2.75) is 12.8 Å². The largest absolute Gasteiger partial charge is 0.456 e. The molecule has 0 aliphatic rings. The first-order chi connectivity index (χ1) is 11.9. The molecule has 0 aromatic heterocycles. The van der Waals surface area contributed by atoms with Crippen molar-refractivity contribution < 1.29 is 23.5 Å². The second kappa shape index (κ2) is 9.08. The van der Waals surface area contributed by atoms with E-state index in [2.05, 4.69) is 21.2 Å². The van der Waals surface area contributed by atoms with Gasteiger partial charge in [0.25, 0.3) is 5.91 Å². The van der Waals surface area contributed by atoms with Crippen LogP contribution in [0.15, 0.2) is 53.0 Å². The second-order valence-electron chi connectivity index (χ2n) is 5.15. The van der Waals surface area contributed by atoms with Gasteiger partial charge < -0.3 is 10.1 Å². The van der Waals surface area contributed by atoms with E-state index in [1.807, 2.05) is 6.07 Å². The average molecular weight is 408 g/mol. The van der Waals surface area contributed by atoms with Crippen LogP contribution in [0.3, 0.4) is 0 Å². The van der Waals surface area contributed by atoms with Crippen molar-refractivity contribution in [3.8, 4) is 0 Å². The van der Waals surface area contributed by atoms with Crippen LogP contribution in [0.2, 0.25) is 0 Å². The summed E-state index contributed by atoms with van der Waals surface area (Å²) >= 11 is 3.28. The first kappa shape index (κ1) is 18.8. The third-order valence-corrected chi connectivity index (χ3v) is 3.69. The summed E-state index contributed by atoms with van der Waals surface area (Å²) in [5.74, 6) is -1.86. The SMILES string of the molecule is O=C(COC(=O)CCC(=O)c1ccc(F)cc1)Nc1cccc(Br)c1. The summed E-state index contributed by atoms with van der Waals surface area (Å²) in [5, 5.41) is 2.59. The van der Waals surface area contributed by atoms with Gasteiger partial charge in [-0.2, -0.15) is 0 Å². The molecule has 0 aliphatic carbocycles. The topological polar surface area (TPSA) is 72.5 Å². The zero-order chi connectivity index (χ0) is 18.2. The molecule has 2 aromatic carbocycles. The van der Waals surface area contributed by atoms with E-state index < -0.39 is 24.3 Å². The minimum Gasteiger partial charge on any atom is -0.456 e. The Labute approximate surface area is 152 Å². The summed E-state index contributed by atoms with van der Waals surface area (Å²) in [6.07, 6.45) is -0.224. The molecule has 1 N–H and O–H groups in total. The van der Waals surface area contributed by atoms with Gasteiger partial charge in [-0.3, -0.25) is 14.4 Å². The Balaban J connectivity index is 1.72. The molecule has 1 amide bonds. The summed E-state index contributed by atoms with van der Waals surface area (Å²) in [7, 11) is 0. The maximum absolute atomic E-state index is 12.8. The summed E-state index contributed by atoms with van der Waals surface area (Å²) in [6, 6.07) is 12.0. The fraction of sp³-hybridized carbons (Fsp3) is 0.167. The van der Waals surface area contributed by atoms with Crippen LogP contribution in [0.1, 0.15) is 23.2 Å². The van der Waals surface area contributed by atoms with Crippen LogP contribution in [-0.2, 0) is 14.3 Å². The lowest BCUT2D eigenvalue weighted by atomic mass is 10.1. The fourth-order valence-electron chi connectivity index (χ4n) is 1.98. The summed E-state index contributed by atoms with van der Waals surface area (Å²) in [6.45, 7) is -0.434. The Hall–Kier alpha value is -2.54. The van der Waals surface area contributed by atoms with Crippen LogP contribution in [0.25, 0.3) is 0 Å². The highest BCUT2D eigenvalue weighted by molar-refractivity contribution is 9.10. The molecule has 0 saturated heterocycles. The Bertz CT molecular complexity index is 777. The number of benzene rings is 2. The number of amides is 1. The zero-order valence-corrected chi connectivity index (χ0v) is 14.7. The first-order valence-electron chi connectivity index (χ1n) is 7.44. The predicted octanol–water partition coefficient (Wildman–Crippen LogP) is 3.73. The number of esters is 1. The third kappa shape index (κ3) is 6.46. The van der Waals surface area contributed by atoms with E-state index in [-0.39, 0.29) is 18.6 Å². The molecule has 0 heterocycles. The van der Waals surface area contributed by atoms with E-state index in [9.17, 15) is 18.8 Å². The third-order valence-electron chi connectivity index (χ3n) is 3.20.